The average molecular weight is 275 g/mol. The average Bonchev–Trinajstić information content (AvgIpc) is 2.93. The van der Waals surface area contributed by atoms with Gasteiger partial charge >= 0.3 is 0 Å². The number of aliphatic hydroxyl groups excluding tert-OH is 1. The molecule has 108 valence electrons. The molecule has 1 saturated carbocycles. The summed E-state index contributed by atoms with van der Waals surface area (Å²) in [5.74, 6) is 2.47. The standard InChI is InChI=1S/C15H21N3O2/c19-10-15(20)18-8-12-4-1-3-11(13(12)9-18)7-14-16-5-2-6-17-14/h2,5-6,11-13,19H,1,3-4,7-10H2/t11-,12-,13-/m1/s1. The van der Waals surface area contributed by atoms with Crippen LogP contribution >= 0.6 is 0 Å². The Morgan fingerprint density at radius 1 is 1.30 bits per heavy atom. The number of fused-ring (bicyclic) bond motifs is 1. The number of rotatable bonds is 3. The number of aromatic nitrogens is 2. The van der Waals surface area contributed by atoms with Crippen molar-refractivity contribution in [3.63, 3.8) is 0 Å². The summed E-state index contributed by atoms with van der Waals surface area (Å²) in [7, 11) is 0. The third-order valence-corrected chi connectivity index (χ3v) is 4.80. The van der Waals surface area contributed by atoms with Crippen LogP contribution in [-0.4, -0.2) is 45.6 Å². The number of likely N-dealkylation sites (tertiary alicyclic amines) is 1. The molecule has 1 saturated heterocycles. The second-order valence-corrected chi connectivity index (χ2v) is 5.94. The first-order valence-corrected chi connectivity index (χ1v) is 7.42. The van der Waals surface area contributed by atoms with Gasteiger partial charge in [-0.15, -0.1) is 0 Å². The third-order valence-electron chi connectivity index (χ3n) is 4.80. The van der Waals surface area contributed by atoms with Crippen LogP contribution in [0.5, 0.6) is 0 Å². The van der Waals surface area contributed by atoms with E-state index in [1.807, 2.05) is 11.0 Å². The van der Waals surface area contributed by atoms with Crippen LogP contribution in [0.25, 0.3) is 0 Å². The number of hydrogen-bond donors (Lipinski definition) is 1. The summed E-state index contributed by atoms with van der Waals surface area (Å²) in [6.45, 7) is 1.24. The minimum absolute atomic E-state index is 0.130. The van der Waals surface area contributed by atoms with Gasteiger partial charge in [-0.1, -0.05) is 6.42 Å². The Morgan fingerprint density at radius 2 is 2.10 bits per heavy atom. The van der Waals surface area contributed by atoms with Crippen molar-refractivity contribution in [1.29, 1.82) is 0 Å². The van der Waals surface area contributed by atoms with Crippen LogP contribution in [-0.2, 0) is 11.2 Å². The second-order valence-electron chi connectivity index (χ2n) is 5.94. The predicted octanol–water partition coefficient (Wildman–Crippen LogP) is 0.886. The summed E-state index contributed by atoms with van der Waals surface area (Å²) in [5.41, 5.74) is 0. The lowest BCUT2D eigenvalue weighted by Crippen LogP contribution is -2.32. The highest BCUT2D eigenvalue weighted by atomic mass is 16.3. The molecule has 20 heavy (non-hydrogen) atoms. The lowest BCUT2D eigenvalue weighted by atomic mass is 9.72. The Hall–Kier alpha value is -1.49. The van der Waals surface area contributed by atoms with Gasteiger partial charge in [0.1, 0.15) is 12.4 Å². The van der Waals surface area contributed by atoms with E-state index in [0.29, 0.717) is 17.8 Å². The number of carbonyl (C=O) groups is 1. The van der Waals surface area contributed by atoms with Gasteiger partial charge in [0.05, 0.1) is 0 Å². The Bertz CT molecular complexity index is 465. The normalized spacial score (nSPS) is 29.2. The SMILES string of the molecule is O=C(CO)N1C[C@H]2CCC[C@H](Cc3ncccn3)[C@H]2C1. The Labute approximate surface area is 119 Å². The van der Waals surface area contributed by atoms with Crippen LogP contribution in [0.1, 0.15) is 25.1 Å². The quantitative estimate of drug-likeness (QED) is 0.889. The zero-order valence-corrected chi connectivity index (χ0v) is 11.6. The molecule has 1 N–H and O–H groups in total. The topological polar surface area (TPSA) is 66.3 Å². The van der Waals surface area contributed by atoms with Crippen LogP contribution in [0.3, 0.4) is 0 Å². The largest absolute Gasteiger partial charge is 0.387 e. The van der Waals surface area contributed by atoms with Crippen molar-refractivity contribution in [3.8, 4) is 0 Å². The van der Waals surface area contributed by atoms with Crippen LogP contribution in [0.2, 0.25) is 0 Å². The second kappa shape index (κ2) is 5.87. The Morgan fingerprint density at radius 3 is 2.85 bits per heavy atom. The Kier molecular flexibility index (Phi) is 3.96. The number of nitrogens with zero attached hydrogens (tertiary/aromatic N) is 3. The highest BCUT2D eigenvalue weighted by molar-refractivity contribution is 5.77. The molecule has 5 nitrogen and oxygen atoms in total. The van der Waals surface area contributed by atoms with Crippen LogP contribution in [0, 0.1) is 17.8 Å². The van der Waals surface area contributed by atoms with Crippen molar-refractivity contribution in [2.24, 2.45) is 17.8 Å². The highest BCUT2D eigenvalue weighted by Crippen LogP contribution is 2.41. The van der Waals surface area contributed by atoms with E-state index < -0.39 is 0 Å². The van der Waals surface area contributed by atoms with Crippen LogP contribution < -0.4 is 0 Å². The summed E-state index contributed by atoms with van der Waals surface area (Å²) in [6, 6.07) is 1.84. The number of amides is 1. The van der Waals surface area contributed by atoms with Gasteiger partial charge in [-0.05, 0) is 36.7 Å². The minimum atomic E-state index is -0.369. The summed E-state index contributed by atoms with van der Waals surface area (Å²) in [5, 5.41) is 9.02. The molecule has 2 aliphatic rings. The van der Waals surface area contributed by atoms with Crippen molar-refractivity contribution in [1.82, 2.24) is 14.9 Å². The maximum Gasteiger partial charge on any atom is 0.248 e. The monoisotopic (exact) mass is 275 g/mol. The molecular formula is C15H21N3O2. The molecule has 0 radical (unpaired) electrons. The molecule has 3 atom stereocenters. The highest BCUT2D eigenvalue weighted by Gasteiger charge is 2.41. The van der Waals surface area contributed by atoms with E-state index in [1.165, 1.54) is 19.3 Å². The summed E-state index contributed by atoms with van der Waals surface area (Å²) < 4.78 is 0. The van der Waals surface area contributed by atoms with Gasteiger partial charge in [0.25, 0.3) is 0 Å². The van der Waals surface area contributed by atoms with Gasteiger partial charge < -0.3 is 10.0 Å². The molecule has 1 aromatic rings. The van der Waals surface area contributed by atoms with Crippen LogP contribution in [0.15, 0.2) is 18.5 Å². The summed E-state index contributed by atoms with van der Waals surface area (Å²) in [4.78, 5) is 22.2. The van der Waals surface area contributed by atoms with Crippen molar-refractivity contribution >= 4 is 5.91 Å². The number of carbonyl (C=O) groups excluding carboxylic acids is 1. The van der Waals surface area contributed by atoms with E-state index in [2.05, 4.69) is 9.97 Å². The lowest BCUT2D eigenvalue weighted by molar-refractivity contribution is -0.133. The molecule has 1 amide bonds. The molecule has 2 heterocycles. The summed E-state index contributed by atoms with van der Waals surface area (Å²) in [6.07, 6.45) is 8.10. The molecule has 1 aromatic heterocycles. The van der Waals surface area contributed by atoms with Crippen molar-refractivity contribution < 1.29 is 9.90 Å². The van der Waals surface area contributed by atoms with E-state index in [0.717, 1.165) is 25.3 Å². The predicted molar refractivity (Wildman–Crippen MR) is 73.7 cm³/mol. The molecular weight excluding hydrogens is 254 g/mol. The number of hydrogen-bond acceptors (Lipinski definition) is 4. The third kappa shape index (κ3) is 2.68. The van der Waals surface area contributed by atoms with Gasteiger partial charge in [0, 0.05) is 31.9 Å². The first-order chi connectivity index (χ1) is 9.78. The first-order valence-electron chi connectivity index (χ1n) is 7.42. The zero-order chi connectivity index (χ0) is 13.9. The van der Waals surface area contributed by atoms with Crippen molar-refractivity contribution in [2.45, 2.75) is 25.7 Å². The molecule has 1 aliphatic carbocycles. The maximum absolute atomic E-state index is 11.7. The van der Waals surface area contributed by atoms with Gasteiger partial charge in [0.2, 0.25) is 5.91 Å². The van der Waals surface area contributed by atoms with Gasteiger partial charge in [-0.25, -0.2) is 9.97 Å². The fraction of sp³-hybridized carbons (Fsp3) is 0.667. The van der Waals surface area contributed by atoms with E-state index in [9.17, 15) is 4.79 Å². The van der Waals surface area contributed by atoms with Crippen molar-refractivity contribution in [3.05, 3.63) is 24.3 Å². The minimum Gasteiger partial charge on any atom is -0.387 e. The lowest BCUT2D eigenvalue weighted by Gasteiger charge is -2.32. The fourth-order valence-electron chi connectivity index (χ4n) is 3.82. The molecule has 0 bridgehead atoms. The van der Waals surface area contributed by atoms with E-state index in [4.69, 9.17) is 5.11 Å². The zero-order valence-electron chi connectivity index (χ0n) is 11.6. The summed E-state index contributed by atoms with van der Waals surface area (Å²) >= 11 is 0. The molecule has 0 unspecified atom stereocenters. The number of aliphatic hydroxyl groups is 1. The maximum atomic E-state index is 11.7. The fourth-order valence-corrected chi connectivity index (χ4v) is 3.82. The van der Waals surface area contributed by atoms with E-state index >= 15 is 0 Å². The van der Waals surface area contributed by atoms with E-state index in [-0.39, 0.29) is 12.5 Å². The molecule has 3 rings (SSSR count). The molecule has 5 heteroatoms. The molecule has 2 fully saturated rings. The smallest absolute Gasteiger partial charge is 0.248 e. The van der Waals surface area contributed by atoms with Crippen molar-refractivity contribution in [2.75, 3.05) is 19.7 Å². The van der Waals surface area contributed by atoms with Gasteiger partial charge in [-0.3, -0.25) is 4.79 Å². The van der Waals surface area contributed by atoms with Gasteiger partial charge in [-0.2, -0.15) is 0 Å². The molecule has 0 spiro atoms. The first kappa shape index (κ1) is 13.5. The van der Waals surface area contributed by atoms with Gasteiger partial charge in [0.15, 0.2) is 0 Å². The van der Waals surface area contributed by atoms with Crippen LogP contribution in [0.4, 0.5) is 0 Å². The Balaban J connectivity index is 1.68. The molecule has 1 aliphatic heterocycles. The molecule has 0 aromatic carbocycles. The van der Waals surface area contributed by atoms with E-state index in [1.54, 1.807) is 12.4 Å².